The van der Waals surface area contributed by atoms with Gasteiger partial charge in [0.2, 0.25) is 0 Å². The molecule has 4 rings (SSSR count). The standard InChI is InChI=1S/C38H44O4/c1-3-4-5-6-7-11-24-41-36-19-15-30(16-20-36)32-13-14-33-28-38(35(29-39)27-34(33)26-32)31-17-21-37(22-18-31)42-25-12-9-8-10-23-40-2/h3,13-22,26-29H,1,4-12,23-25H2,2H3. The molecule has 42 heavy (non-hydrogen) atoms. The van der Waals surface area contributed by atoms with E-state index in [2.05, 4.69) is 43.0 Å². The van der Waals surface area contributed by atoms with Crippen LogP contribution in [0.5, 0.6) is 11.5 Å². The van der Waals surface area contributed by atoms with E-state index in [4.69, 9.17) is 14.2 Å². The van der Waals surface area contributed by atoms with Crippen LogP contribution in [0, 0.1) is 0 Å². The Morgan fingerprint density at radius 3 is 1.76 bits per heavy atom. The molecule has 0 saturated heterocycles. The number of carbonyl (C=O) groups excluding carboxylic acids is 1. The molecule has 220 valence electrons. The molecule has 4 nitrogen and oxygen atoms in total. The molecule has 0 amide bonds. The van der Waals surface area contributed by atoms with Crippen LogP contribution in [-0.2, 0) is 4.74 Å². The molecular formula is C38H44O4. The number of hydrogen-bond acceptors (Lipinski definition) is 4. The number of allylic oxidation sites excluding steroid dienone is 1. The van der Waals surface area contributed by atoms with Crippen molar-refractivity contribution in [1.82, 2.24) is 0 Å². The van der Waals surface area contributed by atoms with E-state index in [0.29, 0.717) is 12.2 Å². The molecule has 0 N–H and O–H groups in total. The highest BCUT2D eigenvalue weighted by Gasteiger charge is 2.09. The van der Waals surface area contributed by atoms with E-state index in [1.165, 1.54) is 19.3 Å². The van der Waals surface area contributed by atoms with Gasteiger partial charge in [0.15, 0.2) is 6.29 Å². The van der Waals surface area contributed by atoms with Gasteiger partial charge in [0.25, 0.3) is 0 Å². The molecule has 0 aliphatic heterocycles. The van der Waals surface area contributed by atoms with Crippen molar-refractivity contribution in [1.29, 1.82) is 0 Å². The fourth-order valence-electron chi connectivity index (χ4n) is 5.14. The van der Waals surface area contributed by atoms with Crippen LogP contribution in [0.1, 0.15) is 68.1 Å². The van der Waals surface area contributed by atoms with E-state index in [-0.39, 0.29) is 0 Å². The largest absolute Gasteiger partial charge is 0.494 e. The first kappa shape index (κ1) is 31.1. The molecule has 0 bridgehead atoms. The number of methoxy groups -OCH3 is 1. The Balaban J connectivity index is 1.36. The van der Waals surface area contributed by atoms with Gasteiger partial charge in [-0.1, -0.05) is 61.7 Å². The summed E-state index contributed by atoms with van der Waals surface area (Å²) in [7, 11) is 1.74. The van der Waals surface area contributed by atoms with Gasteiger partial charge in [0.05, 0.1) is 13.2 Å². The molecule has 0 spiro atoms. The minimum absolute atomic E-state index is 0.678. The van der Waals surface area contributed by atoms with Crippen LogP contribution in [0.3, 0.4) is 0 Å². The fraction of sp³-hybridized carbons (Fsp3) is 0.342. The summed E-state index contributed by atoms with van der Waals surface area (Å²) >= 11 is 0. The summed E-state index contributed by atoms with van der Waals surface area (Å²) in [6.07, 6.45) is 13.1. The second kappa shape index (κ2) is 17.2. The topological polar surface area (TPSA) is 44.8 Å². The Kier molecular flexibility index (Phi) is 12.7. The first-order valence-corrected chi connectivity index (χ1v) is 15.3. The van der Waals surface area contributed by atoms with Gasteiger partial charge in [0, 0.05) is 19.3 Å². The Morgan fingerprint density at radius 1 is 0.595 bits per heavy atom. The summed E-state index contributed by atoms with van der Waals surface area (Å²) in [6.45, 7) is 6.04. The van der Waals surface area contributed by atoms with Crippen molar-refractivity contribution in [3.8, 4) is 33.8 Å². The maximum atomic E-state index is 12.1. The van der Waals surface area contributed by atoms with Gasteiger partial charge < -0.3 is 14.2 Å². The normalized spacial score (nSPS) is 11.0. The van der Waals surface area contributed by atoms with E-state index < -0.39 is 0 Å². The molecule has 4 aromatic rings. The van der Waals surface area contributed by atoms with Gasteiger partial charge in [-0.15, -0.1) is 6.58 Å². The molecular weight excluding hydrogens is 520 g/mol. The molecule has 4 heteroatoms. The van der Waals surface area contributed by atoms with Crippen molar-refractivity contribution in [3.63, 3.8) is 0 Å². The van der Waals surface area contributed by atoms with E-state index >= 15 is 0 Å². The summed E-state index contributed by atoms with van der Waals surface area (Å²) in [5.74, 6) is 1.75. The lowest BCUT2D eigenvalue weighted by Gasteiger charge is -2.12. The van der Waals surface area contributed by atoms with Gasteiger partial charge >= 0.3 is 0 Å². The van der Waals surface area contributed by atoms with Crippen LogP contribution >= 0.6 is 0 Å². The lowest BCUT2D eigenvalue weighted by Crippen LogP contribution is -1.98. The highest BCUT2D eigenvalue weighted by Crippen LogP contribution is 2.32. The molecule has 0 radical (unpaired) electrons. The molecule has 0 atom stereocenters. The molecule has 0 fully saturated rings. The van der Waals surface area contributed by atoms with E-state index in [1.807, 2.05) is 48.5 Å². The zero-order chi connectivity index (χ0) is 29.4. The van der Waals surface area contributed by atoms with Crippen molar-refractivity contribution in [3.05, 3.63) is 97.1 Å². The van der Waals surface area contributed by atoms with Crippen molar-refractivity contribution < 1.29 is 19.0 Å². The molecule has 0 aromatic heterocycles. The van der Waals surface area contributed by atoms with Gasteiger partial charge in [-0.2, -0.15) is 0 Å². The highest BCUT2D eigenvalue weighted by molar-refractivity contribution is 5.98. The zero-order valence-electron chi connectivity index (χ0n) is 25.0. The van der Waals surface area contributed by atoms with Gasteiger partial charge in [0.1, 0.15) is 11.5 Å². The Morgan fingerprint density at radius 2 is 1.17 bits per heavy atom. The third-order valence-electron chi connectivity index (χ3n) is 7.57. The highest BCUT2D eigenvalue weighted by atomic mass is 16.5. The number of ether oxygens (including phenoxy) is 3. The number of fused-ring (bicyclic) bond motifs is 1. The van der Waals surface area contributed by atoms with Crippen molar-refractivity contribution in [2.75, 3.05) is 26.9 Å². The first-order chi connectivity index (χ1) is 20.7. The summed E-state index contributed by atoms with van der Waals surface area (Å²) in [6, 6.07) is 26.8. The number of hydrogen-bond donors (Lipinski definition) is 0. The summed E-state index contributed by atoms with van der Waals surface area (Å²) in [5.41, 5.74) is 4.84. The lowest BCUT2D eigenvalue weighted by molar-refractivity contribution is 0.112. The molecule has 0 aliphatic carbocycles. The quantitative estimate of drug-likeness (QED) is 0.0646. The number of carbonyl (C=O) groups is 1. The van der Waals surface area contributed by atoms with Crippen molar-refractivity contribution in [2.45, 2.75) is 57.8 Å². The van der Waals surface area contributed by atoms with Crippen LogP contribution in [0.25, 0.3) is 33.0 Å². The number of rotatable bonds is 19. The number of benzene rings is 4. The van der Waals surface area contributed by atoms with Crippen molar-refractivity contribution in [2.24, 2.45) is 0 Å². The lowest BCUT2D eigenvalue weighted by atomic mass is 9.94. The Bertz CT molecular complexity index is 1390. The number of aldehydes is 1. The van der Waals surface area contributed by atoms with Gasteiger partial charge in [-0.3, -0.25) is 4.79 Å². The molecule has 4 aromatic carbocycles. The van der Waals surface area contributed by atoms with Gasteiger partial charge in [-0.25, -0.2) is 0 Å². The monoisotopic (exact) mass is 564 g/mol. The summed E-state index contributed by atoms with van der Waals surface area (Å²) in [4.78, 5) is 12.1. The van der Waals surface area contributed by atoms with E-state index in [0.717, 1.165) is 103 Å². The third kappa shape index (κ3) is 9.32. The maximum absolute atomic E-state index is 12.1. The van der Waals surface area contributed by atoms with Crippen molar-refractivity contribution >= 4 is 17.1 Å². The molecule has 0 saturated carbocycles. The fourth-order valence-corrected chi connectivity index (χ4v) is 5.14. The first-order valence-electron chi connectivity index (χ1n) is 15.3. The second-order valence-electron chi connectivity index (χ2n) is 10.8. The molecule has 0 aliphatic rings. The summed E-state index contributed by atoms with van der Waals surface area (Å²) in [5, 5.41) is 2.14. The number of unbranched alkanes of at least 4 members (excludes halogenated alkanes) is 7. The van der Waals surface area contributed by atoms with Crippen LogP contribution in [-0.4, -0.2) is 33.2 Å². The second-order valence-corrected chi connectivity index (χ2v) is 10.8. The smallest absolute Gasteiger partial charge is 0.150 e. The van der Waals surface area contributed by atoms with E-state index in [9.17, 15) is 4.79 Å². The minimum Gasteiger partial charge on any atom is -0.494 e. The minimum atomic E-state index is 0.678. The Labute approximate surface area is 251 Å². The predicted octanol–water partition coefficient (Wildman–Crippen LogP) is 10.1. The van der Waals surface area contributed by atoms with Crippen LogP contribution in [0.2, 0.25) is 0 Å². The third-order valence-corrected chi connectivity index (χ3v) is 7.57. The zero-order valence-corrected chi connectivity index (χ0v) is 25.0. The predicted molar refractivity (Wildman–Crippen MR) is 175 cm³/mol. The SMILES string of the molecule is C=CCCCCCCOc1ccc(-c2ccc3cc(-c4ccc(OCCCCCCOC)cc4)c(C=O)cc3c2)cc1. The molecule has 0 unspecified atom stereocenters. The maximum Gasteiger partial charge on any atom is 0.150 e. The van der Waals surface area contributed by atoms with Crippen LogP contribution < -0.4 is 9.47 Å². The van der Waals surface area contributed by atoms with Crippen LogP contribution in [0.15, 0.2) is 91.5 Å². The average Bonchev–Trinajstić information content (AvgIpc) is 3.03. The van der Waals surface area contributed by atoms with Crippen LogP contribution in [0.4, 0.5) is 0 Å². The average molecular weight is 565 g/mol. The van der Waals surface area contributed by atoms with E-state index in [1.54, 1.807) is 7.11 Å². The molecule has 0 heterocycles. The Hall–Kier alpha value is -3.89. The van der Waals surface area contributed by atoms with Gasteiger partial charge in [-0.05, 0) is 114 Å². The summed E-state index contributed by atoms with van der Waals surface area (Å²) < 4.78 is 17.0.